The van der Waals surface area contributed by atoms with Crippen LogP contribution >= 0.6 is 0 Å². The van der Waals surface area contributed by atoms with Gasteiger partial charge in [-0.2, -0.15) is 5.12 Å². The predicted octanol–water partition coefficient (Wildman–Crippen LogP) is 5.04. The van der Waals surface area contributed by atoms with E-state index in [1.54, 1.807) is 7.11 Å². The SMILES string of the molecule is COc1ccc(CCN(NCCCc2ccc(C)cc2)NCCc2ccc(C)cc2)cc1. The van der Waals surface area contributed by atoms with Crippen LogP contribution in [0.4, 0.5) is 0 Å². The molecule has 3 aromatic rings. The standard InChI is InChI=1S/C28H37N3O/c1-23-6-10-25(11-7-23)5-4-20-29-31(22-19-27-14-16-28(32-3)17-15-27)30-21-18-26-12-8-24(2)9-13-26/h6-17,29-30H,4-5,18-22H2,1-3H3. The summed E-state index contributed by atoms with van der Waals surface area (Å²) >= 11 is 0. The van der Waals surface area contributed by atoms with Crippen LogP contribution in [0.15, 0.2) is 72.8 Å². The molecule has 0 spiro atoms. The molecule has 32 heavy (non-hydrogen) atoms. The highest BCUT2D eigenvalue weighted by Gasteiger charge is 2.05. The minimum atomic E-state index is 0.894. The van der Waals surface area contributed by atoms with Crippen molar-refractivity contribution in [2.75, 3.05) is 26.7 Å². The minimum absolute atomic E-state index is 0.894. The molecule has 0 radical (unpaired) electrons. The second kappa shape index (κ2) is 13.0. The number of rotatable bonds is 13. The second-order valence-electron chi connectivity index (χ2n) is 8.39. The number of benzene rings is 3. The maximum Gasteiger partial charge on any atom is 0.118 e. The molecule has 0 atom stereocenters. The van der Waals surface area contributed by atoms with Crippen LogP contribution in [0.2, 0.25) is 0 Å². The van der Waals surface area contributed by atoms with Crippen molar-refractivity contribution >= 4 is 0 Å². The molecule has 0 aliphatic carbocycles. The minimum Gasteiger partial charge on any atom is -0.497 e. The lowest BCUT2D eigenvalue weighted by molar-refractivity contribution is 0.115. The Balaban J connectivity index is 1.47. The number of hydrogen-bond acceptors (Lipinski definition) is 4. The van der Waals surface area contributed by atoms with Crippen LogP contribution in [0.25, 0.3) is 0 Å². The smallest absolute Gasteiger partial charge is 0.118 e. The largest absolute Gasteiger partial charge is 0.497 e. The van der Waals surface area contributed by atoms with E-state index < -0.39 is 0 Å². The number of aryl methyl sites for hydroxylation is 3. The maximum absolute atomic E-state index is 5.27. The number of hydrogen-bond donors (Lipinski definition) is 2. The molecule has 0 saturated carbocycles. The first-order valence-electron chi connectivity index (χ1n) is 11.6. The molecule has 4 nitrogen and oxygen atoms in total. The number of methoxy groups -OCH3 is 1. The van der Waals surface area contributed by atoms with E-state index in [0.29, 0.717) is 0 Å². The van der Waals surface area contributed by atoms with Gasteiger partial charge < -0.3 is 4.74 Å². The van der Waals surface area contributed by atoms with Gasteiger partial charge in [-0.3, -0.25) is 0 Å². The van der Waals surface area contributed by atoms with Crippen molar-refractivity contribution in [1.82, 2.24) is 16.0 Å². The van der Waals surface area contributed by atoms with E-state index in [1.807, 2.05) is 12.1 Å². The first-order valence-corrected chi connectivity index (χ1v) is 11.6. The van der Waals surface area contributed by atoms with Crippen LogP contribution in [-0.4, -0.2) is 31.9 Å². The zero-order valence-electron chi connectivity index (χ0n) is 19.7. The lowest BCUT2D eigenvalue weighted by Crippen LogP contribution is -2.50. The molecule has 0 aromatic heterocycles. The van der Waals surface area contributed by atoms with Gasteiger partial charge in [0.15, 0.2) is 0 Å². The Kier molecular flexibility index (Phi) is 9.76. The molecule has 0 aliphatic heterocycles. The fraction of sp³-hybridized carbons (Fsp3) is 0.357. The molecule has 0 heterocycles. The van der Waals surface area contributed by atoms with Gasteiger partial charge in [0.25, 0.3) is 0 Å². The van der Waals surface area contributed by atoms with Gasteiger partial charge in [-0.15, -0.1) is 0 Å². The average molecular weight is 432 g/mol. The third-order valence-corrected chi connectivity index (χ3v) is 5.69. The molecule has 0 aliphatic rings. The van der Waals surface area contributed by atoms with Gasteiger partial charge in [0, 0.05) is 19.6 Å². The monoisotopic (exact) mass is 431 g/mol. The van der Waals surface area contributed by atoms with Gasteiger partial charge in [-0.1, -0.05) is 71.8 Å². The lowest BCUT2D eigenvalue weighted by Gasteiger charge is -2.24. The van der Waals surface area contributed by atoms with E-state index >= 15 is 0 Å². The Labute approximate surface area is 193 Å². The molecule has 0 bridgehead atoms. The Morgan fingerprint density at radius 3 is 1.72 bits per heavy atom. The zero-order valence-corrected chi connectivity index (χ0v) is 19.7. The molecule has 4 heteroatoms. The highest BCUT2D eigenvalue weighted by atomic mass is 16.5. The molecular weight excluding hydrogens is 394 g/mol. The summed E-state index contributed by atoms with van der Waals surface area (Å²) in [5.74, 6) is 0.899. The van der Waals surface area contributed by atoms with Crippen molar-refractivity contribution in [3.63, 3.8) is 0 Å². The predicted molar refractivity (Wildman–Crippen MR) is 134 cm³/mol. The van der Waals surface area contributed by atoms with Gasteiger partial charge in [0.05, 0.1) is 7.11 Å². The summed E-state index contributed by atoms with van der Waals surface area (Å²) in [4.78, 5) is 0. The molecule has 3 aromatic carbocycles. The fourth-order valence-electron chi connectivity index (χ4n) is 3.60. The Hall–Kier alpha value is -2.66. The summed E-state index contributed by atoms with van der Waals surface area (Å²) in [5.41, 5.74) is 13.8. The summed E-state index contributed by atoms with van der Waals surface area (Å²) in [5, 5.41) is 2.16. The van der Waals surface area contributed by atoms with Crippen molar-refractivity contribution < 1.29 is 4.74 Å². The third-order valence-electron chi connectivity index (χ3n) is 5.69. The Morgan fingerprint density at radius 1 is 0.625 bits per heavy atom. The number of ether oxygens (including phenoxy) is 1. The van der Waals surface area contributed by atoms with Crippen LogP contribution in [0.3, 0.4) is 0 Å². The second-order valence-corrected chi connectivity index (χ2v) is 8.39. The Bertz CT molecular complexity index is 905. The summed E-state index contributed by atoms with van der Waals surface area (Å²) in [7, 11) is 1.70. The molecule has 0 saturated heterocycles. The summed E-state index contributed by atoms with van der Waals surface area (Å²) < 4.78 is 5.27. The van der Waals surface area contributed by atoms with E-state index in [4.69, 9.17) is 4.74 Å². The van der Waals surface area contributed by atoms with E-state index in [2.05, 4.69) is 90.5 Å². The van der Waals surface area contributed by atoms with Gasteiger partial charge in [0.2, 0.25) is 0 Å². The van der Waals surface area contributed by atoms with Crippen LogP contribution in [0.5, 0.6) is 5.75 Å². The normalized spacial score (nSPS) is 11.1. The quantitative estimate of drug-likeness (QED) is 0.294. The lowest BCUT2D eigenvalue weighted by atomic mass is 10.1. The summed E-state index contributed by atoms with van der Waals surface area (Å²) in [6, 6.07) is 26.0. The van der Waals surface area contributed by atoms with Gasteiger partial charge in [-0.25, -0.2) is 10.9 Å². The highest BCUT2D eigenvalue weighted by Crippen LogP contribution is 2.12. The van der Waals surface area contributed by atoms with Crippen molar-refractivity contribution in [2.45, 2.75) is 39.5 Å². The van der Waals surface area contributed by atoms with E-state index in [0.717, 1.165) is 51.1 Å². The number of hydrazine groups is 2. The number of nitrogens with zero attached hydrogens (tertiary/aromatic N) is 1. The van der Waals surface area contributed by atoms with Crippen molar-refractivity contribution in [3.05, 3.63) is 101 Å². The summed E-state index contributed by atoms with van der Waals surface area (Å²) in [6.07, 6.45) is 4.15. The molecule has 0 unspecified atom stereocenters. The van der Waals surface area contributed by atoms with Gasteiger partial charge >= 0.3 is 0 Å². The maximum atomic E-state index is 5.27. The fourth-order valence-corrected chi connectivity index (χ4v) is 3.60. The molecule has 2 N–H and O–H groups in total. The van der Waals surface area contributed by atoms with Crippen LogP contribution in [-0.2, 0) is 19.3 Å². The third kappa shape index (κ3) is 8.46. The number of nitrogens with one attached hydrogen (secondary N) is 2. The van der Waals surface area contributed by atoms with Gasteiger partial charge in [-0.05, 0) is 68.4 Å². The Morgan fingerprint density at radius 2 is 1.12 bits per heavy atom. The highest BCUT2D eigenvalue weighted by molar-refractivity contribution is 5.27. The molecule has 0 fully saturated rings. The molecule has 3 rings (SSSR count). The van der Waals surface area contributed by atoms with Crippen LogP contribution in [0, 0.1) is 13.8 Å². The zero-order chi connectivity index (χ0) is 22.6. The van der Waals surface area contributed by atoms with E-state index in [1.165, 1.54) is 27.8 Å². The first kappa shape index (κ1) is 24.0. The summed E-state index contributed by atoms with van der Waals surface area (Å²) in [6.45, 7) is 6.99. The molecule has 170 valence electrons. The van der Waals surface area contributed by atoms with E-state index in [9.17, 15) is 0 Å². The van der Waals surface area contributed by atoms with Crippen LogP contribution < -0.4 is 15.6 Å². The molecule has 0 amide bonds. The van der Waals surface area contributed by atoms with Crippen molar-refractivity contribution in [2.24, 2.45) is 0 Å². The molecular formula is C28H37N3O. The van der Waals surface area contributed by atoms with E-state index in [-0.39, 0.29) is 0 Å². The van der Waals surface area contributed by atoms with Crippen molar-refractivity contribution in [3.8, 4) is 5.75 Å². The first-order chi connectivity index (χ1) is 15.6. The van der Waals surface area contributed by atoms with Gasteiger partial charge in [0.1, 0.15) is 5.75 Å². The average Bonchev–Trinajstić information content (AvgIpc) is 2.82. The topological polar surface area (TPSA) is 36.5 Å². The van der Waals surface area contributed by atoms with Crippen molar-refractivity contribution in [1.29, 1.82) is 0 Å². The van der Waals surface area contributed by atoms with Crippen LogP contribution in [0.1, 0.15) is 34.2 Å².